The molecule has 1 fully saturated rings. The molecule has 2 atom stereocenters. The average Bonchev–Trinajstić information content (AvgIpc) is 2.44. The number of hydrogen-bond donors (Lipinski definition) is 1. The standard InChI is InChI=1S/C18H26O3/c1-18(2)11-10-16(17(19)20)14(12-18)7-4-13-5-8-15(21-3)9-6-13/h5-6,8-9,14,16H,4,7,10-12H2,1-3H3,(H,19,20). The van der Waals surface area contributed by atoms with E-state index in [2.05, 4.69) is 26.0 Å². The summed E-state index contributed by atoms with van der Waals surface area (Å²) in [6, 6.07) is 8.08. The second-order valence-corrected chi connectivity index (χ2v) is 7.00. The van der Waals surface area contributed by atoms with Crippen LogP contribution in [-0.2, 0) is 11.2 Å². The molecule has 1 aliphatic carbocycles. The van der Waals surface area contributed by atoms with Crippen molar-refractivity contribution in [3.8, 4) is 5.75 Å². The number of benzene rings is 1. The van der Waals surface area contributed by atoms with Crippen molar-refractivity contribution >= 4 is 5.97 Å². The van der Waals surface area contributed by atoms with Crippen LogP contribution in [0, 0.1) is 17.3 Å². The van der Waals surface area contributed by atoms with E-state index in [1.165, 1.54) is 5.56 Å². The minimum absolute atomic E-state index is 0.170. The molecule has 0 spiro atoms. The predicted molar refractivity (Wildman–Crippen MR) is 83.6 cm³/mol. The molecular weight excluding hydrogens is 264 g/mol. The first-order chi connectivity index (χ1) is 9.91. The lowest BCUT2D eigenvalue weighted by molar-refractivity contribution is -0.146. The third kappa shape index (κ3) is 4.23. The molecule has 0 heterocycles. The smallest absolute Gasteiger partial charge is 0.306 e. The van der Waals surface area contributed by atoms with Crippen LogP contribution >= 0.6 is 0 Å². The molecular formula is C18H26O3. The zero-order chi connectivity index (χ0) is 15.5. The van der Waals surface area contributed by atoms with Crippen molar-refractivity contribution in [3.63, 3.8) is 0 Å². The van der Waals surface area contributed by atoms with Gasteiger partial charge in [0.1, 0.15) is 5.75 Å². The fourth-order valence-corrected chi connectivity index (χ4v) is 3.51. The van der Waals surface area contributed by atoms with Crippen LogP contribution in [0.2, 0.25) is 0 Å². The van der Waals surface area contributed by atoms with Crippen molar-refractivity contribution in [2.24, 2.45) is 17.3 Å². The Morgan fingerprint density at radius 2 is 2.00 bits per heavy atom. The van der Waals surface area contributed by atoms with E-state index in [1.54, 1.807) is 7.11 Å². The van der Waals surface area contributed by atoms with Gasteiger partial charge in [-0.3, -0.25) is 4.79 Å². The van der Waals surface area contributed by atoms with Gasteiger partial charge in [0.05, 0.1) is 13.0 Å². The summed E-state index contributed by atoms with van der Waals surface area (Å²) in [7, 11) is 1.66. The number of carboxylic acid groups (broad SMARTS) is 1. The summed E-state index contributed by atoms with van der Waals surface area (Å²) >= 11 is 0. The largest absolute Gasteiger partial charge is 0.497 e. The molecule has 21 heavy (non-hydrogen) atoms. The number of hydrogen-bond acceptors (Lipinski definition) is 2. The molecule has 1 aromatic rings. The van der Waals surface area contributed by atoms with Crippen LogP contribution in [0.25, 0.3) is 0 Å². The Labute approximate surface area is 127 Å². The fraction of sp³-hybridized carbons (Fsp3) is 0.611. The van der Waals surface area contributed by atoms with Gasteiger partial charge in [0.25, 0.3) is 0 Å². The maximum atomic E-state index is 11.5. The van der Waals surface area contributed by atoms with Crippen LogP contribution in [0.5, 0.6) is 5.75 Å². The number of rotatable bonds is 5. The summed E-state index contributed by atoms with van der Waals surface area (Å²) < 4.78 is 5.16. The van der Waals surface area contributed by atoms with Crippen LogP contribution in [0.1, 0.15) is 45.1 Å². The van der Waals surface area contributed by atoms with Crippen molar-refractivity contribution in [2.45, 2.75) is 46.0 Å². The van der Waals surface area contributed by atoms with Gasteiger partial charge in [0.2, 0.25) is 0 Å². The molecule has 1 aliphatic rings. The van der Waals surface area contributed by atoms with Crippen LogP contribution in [0.4, 0.5) is 0 Å². The van der Waals surface area contributed by atoms with Gasteiger partial charge in [-0.2, -0.15) is 0 Å². The summed E-state index contributed by atoms with van der Waals surface area (Å²) in [5, 5.41) is 9.43. The number of carboxylic acids is 1. The molecule has 0 bridgehead atoms. The van der Waals surface area contributed by atoms with Crippen LogP contribution in [0.3, 0.4) is 0 Å². The highest BCUT2D eigenvalue weighted by molar-refractivity contribution is 5.70. The molecule has 2 rings (SSSR count). The SMILES string of the molecule is COc1ccc(CCC2CC(C)(C)CCC2C(=O)O)cc1. The van der Waals surface area contributed by atoms with E-state index in [-0.39, 0.29) is 17.3 Å². The van der Waals surface area contributed by atoms with E-state index >= 15 is 0 Å². The highest BCUT2D eigenvalue weighted by Crippen LogP contribution is 2.43. The van der Waals surface area contributed by atoms with Crippen LogP contribution < -0.4 is 4.74 Å². The highest BCUT2D eigenvalue weighted by atomic mass is 16.5. The first-order valence-corrected chi connectivity index (χ1v) is 7.77. The van der Waals surface area contributed by atoms with Crippen molar-refractivity contribution in [1.82, 2.24) is 0 Å². The third-order valence-corrected chi connectivity index (χ3v) is 4.80. The van der Waals surface area contributed by atoms with E-state index in [9.17, 15) is 9.90 Å². The Hall–Kier alpha value is -1.51. The van der Waals surface area contributed by atoms with Gasteiger partial charge in [-0.05, 0) is 61.1 Å². The molecule has 116 valence electrons. The molecule has 0 aromatic heterocycles. The summed E-state index contributed by atoms with van der Waals surface area (Å²) in [6.07, 6.45) is 4.74. The summed E-state index contributed by atoms with van der Waals surface area (Å²) in [6.45, 7) is 4.51. The quantitative estimate of drug-likeness (QED) is 0.886. The number of methoxy groups -OCH3 is 1. The minimum Gasteiger partial charge on any atom is -0.497 e. The summed E-state index contributed by atoms with van der Waals surface area (Å²) in [5.41, 5.74) is 1.53. The Kier molecular flexibility index (Phi) is 4.92. The highest BCUT2D eigenvalue weighted by Gasteiger charge is 2.38. The Bertz CT molecular complexity index is 476. The molecule has 0 saturated heterocycles. The Morgan fingerprint density at radius 3 is 2.57 bits per heavy atom. The molecule has 1 aromatic carbocycles. The second kappa shape index (κ2) is 6.50. The van der Waals surface area contributed by atoms with Gasteiger partial charge in [-0.15, -0.1) is 0 Å². The van der Waals surface area contributed by atoms with Crippen molar-refractivity contribution in [3.05, 3.63) is 29.8 Å². The van der Waals surface area contributed by atoms with E-state index in [0.29, 0.717) is 0 Å². The third-order valence-electron chi connectivity index (χ3n) is 4.80. The normalized spacial score (nSPS) is 24.5. The van der Waals surface area contributed by atoms with Gasteiger partial charge < -0.3 is 9.84 Å². The topological polar surface area (TPSA) is 46.5 Å². The average molecular weight is 290 g/mol. The van der Waals surface area contributed by atoms with E-state index < -0.39 is 5.97 Å². The minimum atomic E-state index is -0.620. The maximum Gasteiger partial charge on any atom is 0.306 e. The number of carbonyl (C=O) groups is 1. The predicted octanol–water partition coefficient (Wildman–Crippen LogP) is 4.15. The maximum absolute atomic E-state index is 11.5. The first-order valence-electron chi connectivity index (χ1n) is 7.77. The summed E-state index contributed by atoms with van der Waals surface area (Å²) in [5.74, 6) is 0.357. The molecule has 1 saturated carbocycles. The van der Waals surface area contributed by atoms with E-state index in [1.807, 2.05) is 12.1 Å². The molecule has 0 aliphatic heterocycles. The molecule has 3 heteroatoms. The lowest BCUT2D eigenvalue weighted by atomic mass is 9.66. The van der Waals surface area contributed by atoms with Gasteiger partial charge in [-0.1, -0.05) is 26.0 Å². The van der Waals surface area contributed by atoms with Gasteiger partial charge >= 0.3 is 5.97 Å². The molecule has 1 N–H and O–H groups in total. The van der Waals surface area contributed by atoms with Crippen molar-refractivity contribution in [2.75, 3.05) is 7.11 Å². The summed E-state index contributed by atoms with van der Waals surface area (Å²) in [4.78, 5) is 11.5. The molecule has 2 unspecified atom stereocenters. The van der Waals surface area contributed by atoms with Crippen molar-refractivity contribution in [1.29, 1.82) is 0 Å². The van der Waals surface area contributed by atoms with Crippen molar-refractivity contribution < 1.29 is 14.6 Å². The van der Waals surface area contributed by atoms with Gasteiger partial charge in [-0.25, -0.2) is 0 Å². The van der Waals surface area contributed by atoms with Crippen LogP contribution in [0.15, 0.2) is 24.3 Å². The number of aliphatic carboxylic acids is 1. The Morgan fingerprint density at radius 1 is 1.33 bits per heavy atom. The van der Waals surface area contributed by atoms with E-state index in [0.717, 1.165) is 37.9 Å². The van der Waals surface area contributed by atoms with Gasteiger partial charge in [0, 0.05) is 0 Å². The van der Waals surface area contributed by atoms with E-state index in [4.69, 9.17) is 4.74 Å². The Balaban J connectivity index is 1.99. The first kappa shape index (κ1) is 15.9. The van der Waals surface area contributed by atoms with Gasteiger partial charge in [0.15, 0.2) is 0 Å². The lowest BCUT2D eigenvalue weighted by Crippen LogP contribution is -2.34. The molecule has 0 amide bonds. The zero-order valence-corrected chi connectivity index (χ0v) is 13.3. The molecule has 0 radical (unpaired) electrons. The second-order valence-electron chi connectivity index (χ2n) is 7.00. The fourth-order valence-electron chi connectivity index (χ4n) is 3.51. The lowest BCUT2D eigenvalue weighted by Gasteiger charge is -2.39. The number of ether oxygens (including phenoxy) is 1. The zero-order valence-electron chi connectivity index (χ0n) is 13.3. The van der Waals surface area contributed by atoms with Crippen LogP contribution in [-0.4, -0.2) is 18.2 Å². The monoisotopic (exact) mass is 290 g/mol. The molecule has 3 nitrogen and oxygen atoms in total. The number of aryl methyl sites for hydroxylation is 1.